The zero-order valence-corrected chi connectivity index (χ0v) is 11.0. The summed E-state index contributed by atoms with van der Waals surface area (Å²) in [5.41, 5.74) is -0.420. The van der Waals surface area contributed by atoms with Crippen molar-refractivity contribution in [3.8, 4) is 0 Å². The van der Waals surface area contributed by atoms with E-state index in [4.69, 9.17) is 5.11 Å². The second-order valence-electron chi connectivity index (χ2n) is 4.64. The lowest BCUT2D eigenvalue weighted by molar-refractivity contribution is -0.120. The molecule has 21 heavy (non-hydrogen) atoms. The van der Waals surface area contributed by atoms with E-state index >= 15 is 0 Å². The summed E-state index contributed by atoms with van der Waals surface area (Å²) in [5, 5.41) is 16.1. The Morgan fingerprint density at radius 3 is 2.62 bits per heavy atom. The molecular weight excluding hydrogens is 281 g/mol. The van der Waals surface area contributed by atoms with E-state index in [-0.39, 0.29) is 29.7 Å². The van der Waals surface area contributed by atoms with Crippen LogP contribution >= 0.6 is 0 Å². The Morgan fingerprint density at radius 2 is 2.00 bits per heavy atom. The molecule has 0 atom stereocenters. The fraction of sp³-hybridized carbons (Fsp3) is 0.308. The maximum absolute atomic E-state index is 13.1. The number of hydrogen-bond acceptors (Lipinski definition) is 3. The first-order valence-corrected chi connectivity index (χ1v) is 6.33. The van der Waals surface area contributed by atoms with Gasteiger partial charge in [0.1, 0.15) is 5.82 Å². The van der Waals surface area contributed by atoms with E-state index in [9.17, 15) is 18.8 Å². The van der Waals surface area contributed by atoms with Gasteiger partial charge in [-0.05, 0) is 31.0 Å². The van der Waals surface area contributed by atoms with Crippen molar-refractivity contribution >= 4 is 23.6 Å². The molecule has 0 spiro atoms. The molecule has 1 aromatic rings. The minimum absolute atomic E-state index is 0.178. The standard InChI is InChI=1S/C13H14FN3O4/c14-7-1-4-9(12(19)20)10(5-7)17-13(21)15-6-11(18)16-8-2-3-8/h1,4-5,8H,2-3,6H2,(H,16,18)(H,19,20)(H2,15,17,21). The van der Waals surface area contributed by atoms with Crippen LogP contribution in [0.25, 0.3) is 0 Å². The molecule has 0 aromatic heterocycles. The molecule has 0 aliphatic heterocycles. The lowest BCUT2D eigenvalue weighted by Gasteiger charge is -2.10. The number of urea groups is 1. The highest BCUT2D eigenvalue weighted by Gasteiger charge is 2.23. The molecule has 7 nitrogen and oxygen atoms in total. The van der Waals surface area contributed by atoms with Gasteiger partial charge in [-0.3, -0.25) is 4.79 Å². The van der Waals surface area contributed by atoms with Crippen LogP contribution in [0, 0.1) is 5.82 Å². The summed E-state index contributed by atoms with van der Waals surface area (Å²) in [6.45, 7) is -0.236. The third-order valence-electron chi connectivity index (χ3n) is 2.81. The maximum Gasteiger partial charge on any atom is 0.337 e. The highest BCUT2D eigenvalue weighted by Crippen LogP contribution is 2.18. The normalized spacial score (nSPS) is 13.4. The van der Waals surface area contributed by atoms with Crippen LogP contribution in [0.15, 0.2) is 18.2 Å². The van der Waals surface area contributed by atoms with Crippen LogP contribution in [0.1, 0.15) is 23.2 Å². The molecule has 2 rings (SSSR count). The van der Waals surface area contributed by atoms with Crippen molar-refractivity contribution in [2.45, 2.75) is 18.9 Å². The molecule has 1 aliphatic carbocycles. The summed E-state index contributed by atoms with van der Waals surface area (Å²) >= 11 is 0. The average Bonchev–Trinajstić information content (AvgIpc) is 3.20. The van der Waals surface area contributed by atoms with Crippen LogP contribution in [-0.4, -0.2) is 35.6 Å². The van der Waals surface area contributed by atoms with Gasteiger partial charge in [0.25, 0.3) is 0 Å². The van der Waals surface area contributed by atoms with Gasteiger partial charge in [0.2, 0.25) is 5.91 Å². The van der Waals surface area contributed by atoms with Crippen molar-refractivity contribution in [1.29, 1.82) is 0 Å². The molecule has 1 fully saturated rings. The number of halogens is 1. The molecule has 1 aromatic carbocycles. The number of amides is 3. The highest BCUT2D eigenvalue weighted by molar-refractivity contribution is 6.00. The predicted octanol–water partition coefficient (Wildman–Crippen LogP) is 0.924. The van der Waals surface area contributed by atoms with Crippen molar-refractivity contribution in [3.63, 3.8) is 0 Å². The van der Waals surface area contributed by atoms with Crippen LogP contribution in [0.2, 0.25) is 0 Å². The van der Waals surface area contributed by atoms with Crippen LogP contribution in [0.3, 0.4) is 0 Å². The summed E-state index contributed by atoms with van der Waals surface area (Å²) < 4.78 is 13.1. The van der Waals surface area contributed by atoms with E-state index < -0.39 is 17.8 Å². The monoisotopic (exact) mass is 295 g/mol. The molecule has 0 heterocycles. The first-order chi connectivity index (χ1) is 9.95. The topological polar surface area (TPSA) is 108 Å². The van der Waals surface area contributed by atoms with Crippen LogP contribution in [-0.2, 0) is 4.79 Å². The number of aromatic carboxylic acids is 1. The van der Waals surface area contributed by atoms with E-state index in [0.29, 0.717) is 0 Å². The molecule has 3 amide bonds. The van der Waals surface area contributed by atoms with Gasteiger partial charge in [-0.2, -0.15) is 0 Å². The first kappa shape index (κ1) is 14.8. The Morgan fingerprint density at radius 1 is 1.29 bits per heavy atom. The Bertz CT molecular complexity index is 587. The number of hydrogen-bond donors (Lipinski definition) is 4. The number of carbonyl (C=O) groups excluding carboxylic acids is 2. The van der Waals surface area contributed by atoms with Crippen molar-refractivity contribution in [2.75, 3.05) is 11.9 Å². The first-order valence-electron chi connectivity index (χ1n) is 6.33. The Hall–Kier alpha value is -2.64. The summed E-state index contributed by atoms with van der Waals surface area (Å²) in [6, 6.07) is 2.33. The maximum atomic E-state index is 13.1. The number of nitrogens with one attached hydrogen (secondary N) is 3. The summed E-state index contributed by atoms with van der Waals surface area (Å²) in [4.78, 5) is 33.9. The van der Waals surface area contributed by atoms with E-state index in [1.54, 1.807) is 0 Å². The lowest BCUT2D eigenvalue weighted by atomic mass is 10.2. The molecule has 0 bridgehead atoms. The smallest absolute Gasteiger partial charge is 0.337 e. The second kappa shape index (κ2) is 6.21. The van der Waals surface area contributed by atoms with Gasteiger partial charge in [-0.1, -0.05) is 0 Å². The van der Waals surface area contributed by atoms with Crippen LogP contribution < -0.4 is 16.0 Å². The number of carboxylic acid groups (broad SMARTS) is 1. The fourth-order valence-electron chi connectivity index (χ4n) is 1.64. The SMILES string of the molecule is O=C(CNC(=O)Nc1cc(F)ccc1C(=O)O)NC1CC1. The van der Waals surface area contributed by atoms with Gasteiger partial charge in [0, 0.05) is 6.04 Å². The zero-order valence-electron chi connectivity index (χ0n) is 11.0. The van der Waals surface area contributed by atoms with Gasteiger partial charge in [0.15, 0.2) is 0 Å². The van der Waals surface area contributed by atoms with E-state index in [2.05, 4.69) is 16.0 Å². The third-order valence-corrected chi connectivity index (χ3v) is 2.81. The van der Waals surface area contributed by atoms with E-state index in [1.165, 1.54) is 0 Å². The number of benzene rings is 1. The van der Waals surface area contributed by atoms with Crippen LogP contribution in [0.5, 0.6) is 0 Å². The van der Waals surface area contributed by atoms with Crippen LogP contribution in [0.4, 0.5) is 14.9 Å². The van der Waals surface area contributed by atoms with Gasteiger partial charge in [0.05, 0.1) is 17.8 Å². The van der Waals surface area contributed by atoms with Crippen molar-refractivity contribution < 1.29 is 23.9 Å². The largest absolute Gasteiger partial charge is 0.478 e. The van der Waals surface area contributed by atoms with E-state index in [1.807, 2.05) is 0 Å². The lowest BCUT2D eigenvalue weighted by Crippen LogP contribution is -2.39. The van der Waals surface area contributed by atoms with Gasteiger partial charge in [-0.15, -0.1) is 0 Å². The second-order valence-corrected chi connectivity index (χ2v) is 4.64. The van der Waals surface area contributed by atoms with E-state index in [0.717, 1.165) is 31.0 Å². The minimum atomic E-state index is -1.29. The summed E-state index contributed by atoms with van der Waals surface area (Å²) in [6.07, 6.45) is 1.87. The quantitative estimate of drug-likeness (QED) is 0.648. The van der Waals surface area contributed by atoms with Crippen molar-refractivity contribution in [1.82, 2.24) is 10.6 Å². The molecule has 1 saturated carbocycles. The number of carbonyl (C=O) groups is 3. The highest BCUT2D eigenvalue weighted by atomic mass is 19.1. The molecule has 0 unspecified atom stereocenters. The molecular formula is C13H14FN3O4. The number of rotatable bonds is 5. The molecule has 8 heteroatoms. The Kier molecular flexibility index (Phi) is 4.36. The average molecular weight is 295 g/mol. The summed E-state index contributed by atoms with van der Waals surface area (Å²) in [7, 11) is 0. The van der Waals surface area contributed by atoms with Crippen molar-refractivity contribution in [3.05, 3.63) is 29.6 Å². The fourth-order valence-corrected chi connectivity index (χ4v) is 1.64. The molecule has 1 aliphatic rings. The van der Waals surface area contributed by atoms with Gasteiger partial charge in [-0.25, -0.2) is 14.0 Å². The predicted molar refractivity (Wildman–Crippen MR) is 71.5 cm³/mol. The summed E-state index contributed by atoms with van der Waals surface area (Å²) in [5.74, 6) is -2.30. The molecule has 112 valence electrons. The minimum Gasteiger partial charge on any atom is -0.478 e. The number of anilines is 1. The third kappa shape index (κ3) is 4.44. The number of carboxylic acids is 1. The van der Waals surface area contributed by atoms with Crippen molar-refractivity contribution in [2.24, 2.45) is 0 Å². The van der Waals surface area contributed by atoms with Gasteiger partial charge >= 0.3 is 12.0 Å². The zero-order chi connectivity index (χ0) is 15.4. The Labute approximate surface area is 119 Å². The molecule has 4 N–H and O–H groups in total. The Balaban J connectivity index is 1.90. The molecule has 0 radical (unpaired) electrons. The molecule has 0 saturated heterocycles. The van der Waals surface area contributed by atoms with Gasteiger partial charge < -0.3 is 21.1 Å².